The third-order valence-electron chi connectivity index (χ3n) is 3.12. The second-order valence-electron chi connectivity index (χ2n) is 4.33. The van der Waals surface area contributed by atoms with Crippen molar-refractivity contribution in [3.05, 3.63) is 18.1 Å². The van der Waals surface area contributed by atoms with Gasteiger partial charge in [0.05, 0.1) is 0 Å². The second-order valence-corrected chi connectivity index (χ2v) is 4.33. The van der Waals surface area contributed by atoms with Crippen molar-refractivity contribution in [1.29, 1.82) is 0 Å². The van der Waals surface area contributed by atoms with Crippen LogP contribution in [0.2, 0.25) is 0 Å². The van der Waals surface area contributed by atoms with Gasteiger partial charge in [-0.3, -0.25) is 0 Å². The first-order chi connectivity index (χ1) is 7.79. The first-order valence-electron chi connectivity index (χ1n) is 5.92. The standard InChI is InChI=1S/C12H19N3O/c1-9-7-12(15-8-14-9)16-11-6-4-3-5-10(11)13-2/h7-8,10-11,13H,3-6H2,1-2H3. The molecule has 0 saturated heterocycles. The molecule has 0 bridgehead atoms. The molecule has 1 aromatic heterocycles. The molecule has 1 aromatic rings. The molecule has 1 N–H and O–H groups in total. The summed E-state index contributed by atoms with van der Waals surface area (Å²) in [5.41, 5.74) is 0.946. The van der Waals surface area contributed by atoms with Crippen molar-refractivity contribution in [3.63, 3.8) is 0 Å². The van der Waals surface area contributed by atoms with Crippen LogP contribution < -0.4 is 10.1 Å². The number of hydrogen-bond acceptors (Lipinski definition) is 4. The fourth-order valence-electron chi connectivity index (χ4n) is 2.22. The summed E-state index contributed by atoms with van der Waals surface area (Å²) in [6, 6.07) is 2.34. The van der Waals surface area contributed by atoms with E-state index in [0.29, 0.717) is 11.9 Å². The van der Waals surface area contributed by atoms with Crippen LogP contribution in [-0.2, 0) is 0 Å². The Bertz CT molecular complexity index is 343. The van der Waals surface area contributed by atoms with Gasteiger partial charge in [0.1, 0.15) is 12.4 Å². The van der Waals surface area contributed by atoms with Crippen molar-refractivity contribution in [1.82, 2.24) is 15.3 Å². The molecule has 2 unspecified atom stereocenters. The van der Waals surface area contributed by atoms with Crippen LogP contribution in [0.15, 0.2) is 12.4 Å². The molecule has 1 aliphatic carbocycles. The summed E-state index contributed by atoms with van der Waals surface area (Å²) < 4.78 is 5.93. The van der Waals surface area contributed by atoms with E-state index in [4.69, 9.17) is 4.74 Å². The Labute approximate surface area is 96.4 Å². The Morgan fingerprint density at radius 2 is 2.12 bits per heavy atom. The molecule has 0 amide bonds. The number of rotatable bonds is 3. The van der Waals surface area contributed by atoms with Gasteiger partial charge in [-0.15, -0.1) is 0 Å². The van der Waals surface area contributed by atoms with Crippen LogP contribution >= 0.6 is 0 Å². The van der Waals surface area contributed by atoms with Gasteiger partial charge in [0.15, 0.2) is 0 Å². The normalized spacial score (nSPS) is 25.4. The van der Waals surface area contributed by atoms with E-state index < -0.39 is 0 Å². The molecule has 1 aliphatic rings. The molecule has 88 valence electrons. The fraction of sp³-hybridized carbons (Fsp3) is 0.667. The Kier molecular flexibility index (Phi) is 3.72. The third-order valence-corrected chi connectivity index (χ3v) is 3.12. The lowest BCUT2D eigenvalue weighted by Gasteiger charge is -2.31. The van der Waals surface area contributed by atoms with E-state index in [1.54, 1.807) is 6.33 Å². The summed E-state index contributed by atoms with van der Waals surface area (Å²) in [5.74, 6) is 0.694. The lowest BCUT2D eigenvalue weighted by atomic mass is 9.92. The Hall–Kier alpha value is -1.16. The molecular formula is C12H19N3O. The molecule has 2 atom stereocenters. The number of nitrogens with one attached hydrogen (secondary N) is 1. The average Bonchev–Trinajstić information content (AvgIpc) is 2.30. The van der Waals surface area contributed by atoms with E-state index in [-0.39, 0.29) is 6.10 Å². The smallest absolute Gasteiger partial charge is 0.216 e. The first kappa shape index (κ1) is 11.3. The zero-order chi connectivity index (χ0) is 11.4. The van der Waals surface area contributed by atoms with Crippen molar-refractivity contribution in [2.24, 2.45) is 0 Å². The molecule has 4 nitrogen and oxygen atoms in total. The molecule has 2 rings (SSSR count). The van der Waals surface area contributed by atoms with Crippen LogP contribution in [-0.4, -0.2) is 29.2 Å². The van der Waals surface area contributed by atoms with Crippen LogP contribution in [0.4, 0.5) is 0 Å². The van der Waals surface area contributed by atoms with Crippen LogP contribution in [0, 0.1) is 6.92 Å². The Balaban J connectivity index is 2.02. The number of ether oxygens (including phenoxy) is 1. The van der Waals surface area contributed by atoms with Gasteiger partial charge in [-0.1, -0.05) is 6.42 Å². The van der Waals surface area contributed by atoms with Crippen LogP contribution in [0.25, 0.3) is 0 Å². The van der Waals surface area contributed by atoms with Gasteiger partial charge in [0.25, 0.3) is 0 Å². The summed E-state index contributed by atoms with van der Waals surface area (Å²) in [7, 11) is 2.00. The van der Waals surface area contributed by atoms with Gasteiger partial charge in [-0.25, -0.2) is 9.97 Å². The lowest BCUT2D eigenvalue weighted by Crippen LogP contribution is -2.43. The van der Waals surface area contributed by atoms with Gasteiger partial charge in [-0.2, -0.15) is 0 Å². The van der Waals surface area contributed by atoms with Gasteiger partial charge in [0, 0.05) is 17.8 Å². The van der Waals surface area contributed by atoms with Gasteiger partial charge < -0.3 is 10.1 Å². The van der Waals surface area contributed by atoms with Crippen molar-refractivity contribution in [2.75, 3.05) is 7.05 Å². The van der Waals surface area contributed by atoms with Crippen LogP contribution in [0.5, 0.6) is 5.88 Å². The molecule has 0 aliphatic heterocycles. The van der Waals surface area contributed by atoms with Crippen molar-refractivity contribution >= 4 is 0 Å². The zero-order valence-electron chi connectivity index (χ0n) is 9.94. The number of hydrogen-bond donors (Lipinski definition) is 1. The maximum atomic E-state index is 5.93. The summed E-state index contributed by atoms with van der Waals surface area (Å²) in [4.78, 5) is 8.21. The fourth-order valence-corrected chi connectivity index (χ4v) is 2.22. The highest BCUT2D eigenvalue weighted by atomic mass is 16.5. The monoisotopic (exact) mass is 221 g/mol. The number of nitrogens with zero attached hydrogens (tertiary/aromatic N) is 2. The third kappa shape index (κ3) is 2.70. The minimum Gasteiger partial charge on any atom is -0.473 e. The highest BCUT2D eigenvalue weighted by Gasteiger charge is 2.25. The second kappa shape index (κ2) is 5.25. The Morgan fingerprint density at radius 1 is 1.31 bits per heavy atom. The molecule has 4 heteroatoms. The molecule has 1 saturated carbocycles. The zero-order valence-corrected chi connectivity index (χ0v) is 9.94. The van der Waals surface area contributed by atoms with Gasteiger partial charge >= 0.3 is 0 Å². The molecule has 16 heavy (non-hydrogen) atoms. The Morgan fingerprint density at radius 3 is 2.88 bits per heavy atom. The largest absolute Gasteiger partial charge is 0.473 e. The summed E-state index contributed by atoms with van der Waals surface area (Å²) in [6.07, 6.45) is 6.62. The topological polar surface area (TPSA) is 47.0 Å². The number of aryl methyl sites for hydroxylation is 1. The lowest BCUT2D eigenvalue weighted by molar-refractivity contribution is 0.112. The van der Waals surface area contributed by atoms with E-state index in [0.717, 1.165) is 12.1 Å². The van der Waals surface area contributed by atoms with E-state index in [9.17, 15) is 0 Å². The number of aromatic nitrogens is 2. The van der Waals surface area contributed by atoms with Gasteiger partial charge in [0.2, 0.25) is 5.88 Å². The highest BCUT2D eigenvalue weighted by molar-refractivity contribution is 5.12. The molecule has 1 heterocycles. The maximum Gasteiger partial charge on any atom is 0.216 e. The number of likely N-dealkylation sites (N-methyl/N-ethyl adjacent to an activating group) is 1. The molecule has 1 fully saturated rings. The SMILES string of the molecule is CNC1CCCCC1Oc1cc(C)ncn1. The molecule has 0 aromatic carbocycles. The first-order valence-corrected chi connectivity index (χ1v) is 5.92. The van der Waals surface area contributed by atoms with E-state index in [2.05, 4.69) is 15.3 Å². The summed E-state index contributed by atoms with van der Waals surface area (Å²) in [5, 5.41) is 3.32. The highest BCUT2D eigenvalue weighted by Crippen LogP contribution is 2.22. The summed E-state index contributed by atoms with van der Waals surface area (Å²) in [6.45, 7) is 1.95. The predicted octanol–water partition coefficient (Wildman–Crippen LogP) is 1.69. The van der Waals surface area contributed by atoms with Crippen LogP contribution in [0.3, 0.4) is 0 Å². The maximum absolute atomic E-state index is 5.93. The van der Waals surface area contributed by atoms with Crippen LogP contribution in [0.1, 0.15) is 31.4 Å². The van der Waals surface area contributed by atoms with E-state index >= 15 is 0 Å². The minimum atomic E-state index is 0.244. The predicted molar refractivity (Wildman–Crippen MR) is 62.5 cm³/mol. The van der Waals surface area contributed by atoms with E-state index in [1.807, 2.05) is 20.0 Å². The molecular weight excluding hydrogens is 202 g/mol. The van der Waals surface area contributed by atoms with Crippen molar-refractivity contribution in [2.45, 2.75) is 44.8 Å². The van der Waals surface area contributed by atoms with Gasteiger partial charge in [-0.05, 0) is 33.2 Å². The summed E-state index contributed by atoms with van der Waals surface area (Å²) >= 11 is 0. The van der Waals surface area contributed by atoms with Crippen molar-refractivity contribution < 1.29 is 4.74 Å². The molecule has 0 spiro atoms. The van der Waals surface area contributed by atoms with E-state index in [1.165, 1.54) is 19.3 Å². The molecule has 0 radical (unpaired) electrons. The van der Waals surface area contributed by atoms with Crippen molar-refractivity contribution in [3.8, 4) is 5.88 Å². The minimum absolute atomic E-state index is 0.244. The average molecular weight is 221 g/mol. The quantitative estimate of drug-likeness (QED) is 0.843.